The predicted octanol–water partition coefficient (Wildman–Crippen LogP) is 4.77. The topological polar surface area (TPSA) is 119 Å². The van der Waals surface area contributed by atoms with Crippen LogP contribution < -0.4 is 10.2 Å². The van der Waals surface area contributed by atoms with E-state index in [-0.39, 0.29) is 5.92 Å². The number of piperidine rings is 1. The van der Waals surface area contributed by atoms with Crippen LogP contribution in [0.25, 0.3) is 0 Å². The zero-order valence-electron chi connectivity index (χ0n) is 22.6. The molecular formula is C29H35N5O5. The lowest BCUT2D eigenvalue weighted by molar-refractivity contribution is -0.140. The molecule has 1 aliphatic carbocycles. The summed E-state index contributed by atoms with van der Waals surface area (Å²) in [6.07, 6.45) is 2.09. The first-order valence-electron chi connectivity index (χ1n) is 13.3. The number of carboxylic acids is 1. The average Bonchev–Trinajstić information content (AvgIpc) is 3.69. The molecule has 1 atom stereocenters. The van der Waals surface area contributed by atoms with E-state index in [1.54, 1.807) is 18.8 Å². The van der Waals surface area contributed by atoms with E-state index in [1.165, 1.54) is 0 Å². The number of hydrogen-bond acceptors (Lipinski definition) is 7. The molecule has 2 heterocycles. The largest absolute Gasteiger partial charge is 0.481 e. The molecule has 1 saturated heterocycles. The van der Waals surface area contributed by atoms with Gasteiger partial charge in [0.05, 0.1) is 12.0 Å². The van der Waals surface area contributed by atoms with E-state index < -0.39 is 23.6 Å². The van der Waals surface area contributed by atoms with E-state index in [4.69, 9.17) is 9.47 Å². The highest BCUT2D eigenvalue weighted by molar-refractivity contribution is 5.85. The normalized spacial score (nSPS) is 17.5. The maximum atomic E-state index is 12.9. The minimum Gasteiger partial charge on any atom is -0.481 e. The van der Waals surface area contributed by atoms with Gasteiger partial charge in [-0.25, -0.2) is 9.48 Å². The molecule has 2 aliphatic rings. The third-order valence-electron chi connectivity index (χ3n) is 7.98. The lowest BCUT2D eigenvalue weighted by Gasteiger charge is -2.33. The number of carbonyl (C=O) groups is 2. The number of anilines is 2. The Labute approximate surface area is 227 Å². The van der Waals surface area contributed by atoms with Crippen molar-refractivity contribution in [1.82, 2.24) is 15.0 Å². The fraction of sp³-hybridized carbons (Fsp3) is 0.448. The third kappa shape index (κ3) is 5.47. The highest BCUT2D eigenvalue weighted by Crippen LogP contribution is 2.48. The molecule has 39 heavy (non-hydrogen) atoms. The van der Waals surface area contributed by atoms with Crippen molar-refractivity contribution in [3.63, 3.8) is 0 Å². The van der Waals surface area contributed by atoms with Crippen molar-refractivity contribution < 1.29 is 24.2 Å². The summed E-state index contributed by atoms with van der Waals surface area (Å²) < 4.78 is 12.5. The summed E-state index contributed by atoms with van der Waals surface area (Å²) in [5.41, 5.74) is 3.91. The van der Waals surface area contributed by atoms with Gasteiger partial charge >= 0.3 is 12.1 Å². The molecule has 0 bridgehead atoms. The second-order valence-electron chi connectivity index (χ2n) is 10.4. The summed E-state index contributed by atoms with van der Waals surface area (Å²) in [4.78, 5) is 26.8. The van der Waals surface area contributed by atoms with Gasteiger partial charge in [-0.05, 0) is 61.4 Å². The van der Waals surface area contributed by atoms with Gasteiger partial charge < -0.3 is 19.5 Å². The Balaban J connectivity index is 1.20. The zero-order valence-corrected chi connectivity index (χ0v) is 22.6. The Kier molecular flexibility index (Phi) is 7.56. The quantitative estimate of drug-likeness (QED) is 0.404. The van der Waals surface area contributed by atoms with Crippen LogP contribution in [0.3, 0.4) is 0 Å². The van der Waals surface area contributed by atoms with Crippen LogP contribution in [0.4, 0.5) is 16.3 Å². The van der Waals surface area contributed by atoms with Gasteiger partial charge in [-0.3, -0.25) is 10.1 Å². The molecule has 1 aliphatic heterocycles. The number of nitrogens with one attached hydrogen (secondary N) is 1. The van der Waals surface area contributed by atoms with Gasteiger partial charge in [0.25, 0.3) is 0 Å². The fourth-order valence-electron chi connectivity index (χ4n) is 5.51. The van der Waals surface area contributed by atoms with Crippen LogP contribution in [-0.4, -0.2) is 52.4 Å². The van der Waals surface area contributed by atoms with Gasteiger partial charge in [0, 0.05) is 38.9 Å². The highest BCUT2D eigenvalue weighted by atomic mass is 16.6. The molecule has 1 aromatic heterocycles. The maximum Gasteiger partial charge on any atom is 0.413 e. The van der Waals surface area contributed by atoms with Crippen LogP contribution >= 0.6 is 0 Å². The number of amides is 1. The van der Waals surface area contributed by atoms with Crippen molar-refractivity contribution >= 4 is 23.6 Å². The molecule has 1 saturated carbocycles. The Morgan fingerprint density at radius 2 is 1.82 bits per heavy atom. The monoisotopic (exact) mass is 533 g/mol. The zero-order chi connectivity index (χ0) is 27.6. The first-order chi connectivity index (χ1) is 18.8. The number of rotatable bonds is 9. The number of benzene rings is 2. The van der Waals surface area contributed by atoms with Crippen LogP contribution in [0.5, 0.6) is 0 Å². The number of aromatic nitrogens is 3. The lowest BCUT2D eigenvalue weighted by atomic mass is 9.92. The van der Waals surface area contributed by atoms with Crippen LogP contribution in [0.1, 0.15) is 67.0 Å². The summed E-state index contributed by atoms with van der Waals surface area (Å²) in [6, 6.07) is 15.7. The summed E-state index contributed by atoms with van der Waals surface area (Å²) in [5, 5.41) is 21.0. The lowest BCUT2D eigenvalue weighted by Crippen LogP contribution is -2.33. The number of nitrogens with zero attached hydrogens (tertiary/aromatic N) is 4. The van der Waals surface area contributed by atoms with Gasteiger partial charge in [-0.2, -0.15) is 0 Å². The molecule has 0 radical (unpaired) electrons. The van der Waals surface area contributed by atoms with E-state index in [0.29, 0.717) is 25.3 Å². The first kappa shape index (κ1) is 26.7. The second kappa shape index (κ2) is 11.1. The summed E-state index contributed by atoms with van der Waals surface area (Å²) >= 11 is 0. The van der Waals surface area contributed by atoms with Crippen molar-refractivity contribution in [3.05, 3.63) is 70.9 Å². The number of methoxy groups -OCH3 is 1. The third-order valence-corrected chi connectivity index (χ3v) is 7.98. The molecule has 0 spiro atoms. The van der Waals surface area contributed by atoms with Crippen molar-refractivity contribution in [3.8, 4) is 0 Å². The van der Waals surface area contributed by atoms with Crippen LogP contribution in [0, 0.1) is 0 Å². The number of aryl methyl sites for hydroxylation is 1. The van der Waals surface area contributed by atoms with E-state index >= 15 is 0 Å². The van der Waals surface area contributed by atoms with Gasteiger partial charge in [0.15, 0.2) is 5.82 Å². The molecule has 5 rings (SSSR count). The molecular weight excluding hydrogens is 498 g/mol. The predicted molar refractivity (Wildman–Crippen MR) is 146 cm³/mol. The summed E-state index contributed by atoms with van der Waals surface area (Å²) in [6.45, 7) is 3.92. The van der Waals surface area contributed by atoms with E-state index in [9.17, 15) is 14.7 Å². The van der Waals surface area contributed by atoms with Gasteiger partial charge in [0.1, 0.15) is 11.8 Å². The maximum absolute atomic E-state index is 12.9. The van der Waals surface area contributed by atoms with Crippen LogP contribution in [0.2, 0.25) is 0 Å². The van der Waals surface area contributed by atoms with E-state index in [2.05, 4.69) is 20.5 Å². The standard InChI is InChI=1S/C29H35N5O5/c1-19(24-7-5-4-6-21(24)18-38-3)39-28(37)30-26-25(31-32-33(26)2)20-12-16-34(17-13-20)23-10-8-22(9-11-23)29(14-15-29)27(35)36/h4-11,19-20H,12-18H2,1-3H3,(H,30,37)(H,35,36)/t19-/m1/s1. The summed E-state index contributed by atoms with van der Waals surface area (Å²) in [5.74, 6) is -0.0478. The van der Waals surface area contributed by atoms with Crippen molar-refractivity contribution in [2.24, 2.45) is 7.05 Å². The molecule has 10 heteroatoms. The molecule has 1 amide bonds. The Hall–Kier alpha value is -3.92. The number of carboxylic acid groups (broad SMARTS) is 1. The molecule has 2 fully saturated rings. The minimum absolute atomic E-state index is 0.145. The highest BCUT2D eigenvalue weighted by Gasteiger charge is 2.51. The van der Waals surface area contributed by atoms with Crippen molar-refractivity contribution in [2.75, 3.05) is 30.4 Å². The van der Waals surface area contributed by atoms with Gasteiger partial charge in [-0.15, -0.1) is 5.10 Å². The second-order valence-corrected chi connectivity index (χ2v) is 10.4. The molecule has 10 nitrogen and oxygen atoms in total. The van der Waals surface area contributed by atoms with E-state index in [0.717, 1.165) is 54.0 Å². The average molecular weight is 534 g/mol. The van der Waals surface area contributed by atoms with Gasteiger partial charge in [0.2, 0.25) is 0 Å². The van der Waals surface area contributed by atoms with Crippen LogP contribution in [-0.2, 0) is 33.3 Å². The Morgan fingerprint density at radius 3 is 2.46 bits per heavy atom. The number of hydrogen-bond donors (Lipinski definition) is 2. The molecule has 206 valence electrons. The molecule has 2 N–H and O–H groups in total. The van der Waals surface area contributed by atoms with Crippen LogP contribution in [0.15, 0.2) is 48.5 Å². The Bertz CT molecular complexity index is 1330. The Morgan fingerprint density at radius 1 is 1.13 bits per heavy atom. The summed E-state index contributed by atoms with van der Waals surface area (Å²) in [7, 11) is 3.39. The minimum atomic E-state index is -0.737. The van der Waals surface area contributed by atoms with E-state index in [1.807, 2.05) is 55.5 Å². The van der Waals surface area contributed by atoms with Gasteiger partial charge in [-0.1, -0.05) is 41.6 Å². The van der Waals surface area contributed by atoms with Crippen molar-refractivity contribution in [1.29, 1.82) is 0 Å². The molecule has 0 unspecified atom stereocenters. The van der Waals surface area contributed by atoms with Crippen molar-refractivity contribution in [2.45, 2.75) is 56.7 Å². The molecule has 2 aromatic carbocycles. The SMILES string of the molecule is COCc1ccccc1[C@@H](C)OC(=O)Nc1c(C2CCN(c3ccc(C4(C(=O)O)CC4)cc3)CC2)nnn1C. The number of aliphatic carboxylic acids is 1. The number of carbonyl (C=O) groups excluding carboxylic acids is 1. The smallest absolute Gasteiger partial charge is 0.413 e. The fourth-order valence-corrected chi connectivity index (χ4v) is 5.51. The molecule has 3 aromatic rings. The number of ether oxygens (including phenoxy) is 2. The first-order valence-corrected chi connectivity index (χ1v) is 13.3.